The SMILES string of the molecule is C[C@@H](Nc1ccc(C#N)cn1)C(=O)Nc1ccccc1. The van der Waals surface area contributed by atoms with Gasteiger partial charge in [0, 0.05) is 11.9 Å². The standard InChI is InChI=1S/C15H14N4O/c1-11(15(20)19-13-5-3-2-4-6-13)18-14-8-7-12(9-16)10-17-14/h2-8,10-11H,1H3,(H,17,18)(H,19,20)/t11-/m1/s1. The second-order valence-corrected chi connectivity index (χ2v) is 4.27. The van der Waals surface area contributed by atoms with E-state index >= 15 is 0 Å². The number of benzene rings is 1. The Morgan fingerprint density at radius 2 is 2.00 bits per heavy atom. The predicted molar refractivity (Wildman–Crippen MR) is 77.1 cm³/mol. The summed E-state index contributed by atoms with van der Waals surface area (Å²) in [5.41, 5.74) is 1.23. The molecule has 0 unspecified atom stereocenters. The smallest absolute Gasteiger partial charge is 0.246 e. The molecule has 0 aliphatic heterocycles. The van der Waals surface area contributed by atoms with E-state index in [4.69, 9.17) is 5.26 Å². The molecule has 0 aliphatic carbocycles. The van der Waals surface area contributed by atoms with Crippen molar-refractivity contribution < 1.29 is 4.79 Å². The number of para-hydroxylation sites is 1. The van der Waals surface area contributed by atoms with E-state index in [1.54, 1.807) is 19.1 Å². The number of rotatable bonds is 4. The molecule has 1 aromatic heterocycles. The van der Waals surface area contributed by atoms with E-state index in [0.717, 1.165) is 5.69 Å². The summed E-state index contributed by atoms with van der Waals surface area (Å²) < 4.78 is 0. The molecule has 0 aliphatic rings. The van der Waals surface area contributed by atoms with Gasteiger partial charge >= 0.3 is 0 Å². The summed E-state index contributed by atoms with van der Waals surface area (Å²) in [5, 5.41) is 14.5. The van der Waals surface area contributed by atoms with Crippen LogP contribution in [-0.4, -0.2) is 16.9 Å². The van der Waals surface area contributed by atoms with Crippen LogP contribution in [0.4, 0.5) is 11.5 Å². The van der Waals surface area contributed by atoms with E-state index in [2.05, 4.69) is 15.6 Å². The third-order valence-corrected chi connectivity index (χ3v) is 2.69. The lowest BCUT2D eigenvalue weighted by Gasteiger charge is -2.14. The lowest BCUT2D eigenvalue weighted by molar-refractivity contribution is -0.116. The van der Waals surface area contributed by atoms with E-state index in [1.807, 2.05) is 36.4 Å². The molecule has 0 saturated carbocycles. The topological polar surface area (TPSA) is 77.8 Å². The highest BCUT2D eigenvalue weighted by Crippen LogP contribution is 2.09. The van der Waals surface area contributed by atoms with E-state index in [9.17, 15) is 4.79 Å². The molecule has 5 nitrogen and oxygen atoms in total. The van der Waals surface area contributed by atoms with Gasteiger partial charge in [-0.25, -0.2) is 4.98 Å². The molecule has 0 bridgehead atoms. The Bertz CT molecular complexity index is 617. The highest BCUT2D eigenvalue weighted by molar-refractivity contribution is 5.96. The van der Waals surface area contributed by atoms with Crippen LogP contribution in [0.3, 0.4) is 0 Å². The minimum Gasteiger partial charge on any atom is -0.359 e. The molecule has 1 atom stereocenters. The van der Waals surface area contributed by atoms with E-state index in [1.165, 1.54) is 6.20 Å². The largest absolute Gasteiger partial charge is 0.359 e. The second kappa shape index (κ2) is 6.34. The number of nitriles is 1. The molecule has 1 aromatic carbocycles. The molecule has 0 saturated heterocycles. The van der Waals surface area contributed by atoms with Crippen LogP contribution in [0.15, 0.2) is 48.7 Å². The molecule has 5 heteroatoms. The first-order valence-corrected chi connectivity index (χ1v) is 6.17. The fourth-order valence-electron chi connectivity index (χ4n) is 1.60. The van der Waals surface area contributed by atoms with E-state index < -0.39 is 6.04 Å². The van der Waals surface area contributed by atoms with Crippen LogP contribution >= 0.6 is 0 Å². The maximum Gasteiger partial charge on any atom is 0.246 e. The van der Waals surface area contributed by atoms with Gasteiger partial charge < -0.3 is 10.6 Å². The molecule has 100 valence electrons. The van der Waals surface area contributed by atoms with Crippen LogP contribution in [0.1, 0.15) is 12.5 Å². The summed E-state index contributed by atoms with van der Waals surface area (Å²) in [4.78, 5) is 16.1. The van der Waals surface area contributed by atoms with Crippen molar-refractivity contribution in [2.75, 3.05) is 10.6 Å². The zero-order chi connectivity index (χ0) is 14.4. The van der Waals surface area contributed by atoms with Crippen LogP contribution in [0, 0.1) is 11.3 Å². The monoisotopic (exact) mass is 266 g/mol. The van der Waals surface area contributed by atoms with Crippen molar-refractivity contribution in [1.82, 2.24) is 4.98 Å². The normalized spacial score (nSPS) is 11.2. The summed E-state index contributed by atoms with van der Waals surface area (Å²) in [6, 6.07) is 14.1. The Labute approximate surface area is 117 Å². The number of nitrogens with zero attached hydrogens (tertiary/aromatic N) is 2. The molecule has 2 rings (SSSR count). The lowest BCUT2D eigenvalue weighted by atomic mass is 10.2. The number of hydrogen-bond donors (Lipinski definition) is 2. The molecule has 0 spiro atoms. The fourth-order valence-corrected chi connectivity index (χ4v) is 1.60. The highest BCUT2D eigenvalue weighted by Gasteiger charge is 2.13. The third-order valence-electron chi connectivity index (χ3n) is 2.69. The van der Waals surface area contributed by atoms with Gasteiger partial charge in [0.1, 0.15) is 17.9 Å². The zero-order valence-electron chi connectivity index (χ0n) is 11.0. The fraction of sp³-hybridized carbons (Fsp3) is 0.133. The molecule has 2 aromatic rings. The van der Waals surface area contributed by atoms with Gasteiger partial charge in [0.2, 0.25) is 5.91 Å². The predicted octanol–water partition coefficient (Wildman–Crippen LogP) is 2.39. The first kappa shape index (κ1) is 13.6. The Morgan fingerprint density at radius 3 is 2.60 bits per heavy atom. The van der Waals surface area contributed by atoms with Crippen LogP contribution in [0.2, 0.25) is 0 Å². The quantitative estimate of drug-likeness (QED) is 0.890. The van der Waals surface area contributed by atoms with Gasteiger partial charge in [0.25, 0.3) is 0 Å². The van der Waals surface area contributed by atoms with Crippen molar-refractivity contribution in [3.05, 3.63) is 54.2 Å². The molecular weight excluding hydrogens is 252 g/mol. The van der Waals surface area contributed by atoms with Gasteiger partial charge in [-0.05, 0) is 31.2 Å². The van der Waals surface area contributed by atoms with Crippen molar-refractivity contribution in [2.45, 2.75) is 13.0 Å². The molecule has 0 radical (unpaired) electrons. The lowest BCUT2D eigenvalue weighted by Crippen LogP contribution is -2.32. The van der Waals surface area contributed by atoms with E-state index in [0.29, 0.717) is 11.4 Å². The zero-order valence-corrected chi connectivity index (χ0v) is 11.0. The van der Waals surface area contributed by atoms with Gasteiger partial charge in [-0.3, -0.25) is 4.79 Å². The van der Waals surface area contributed by atoms with Crippen LogP contribution in [-0.2, 0) is 4.79 Å². The minimum absolute atomic E-state index is 0.151. The maximum absolute atomic E-state index is 12.0. The van der Waals surface area contributed by atoms with Crippen molar-refractivity contribution in [1.29, 1.82) is 5.26 Å². The Hall–Kier alpha value is -2.87. The Balaban J connectivity index is 1.95. The Kier molecular flexibility index (Phi) is 4.30. The number of hydrogen-bond acceptors (Lipinski definition) is 4. The molecule has 20 heavy (non-hydrogen) atoms. The number of pyridine rings is 1. The molecule has 1 amide bonds. The van der Waals surface area contributed by atoms with Crippen molar-refractivity contribution >= 4 is 17.4 Å². The second-order valence-electron chi connectivity index (χ2n) is 4.27. The maximum atomic E-state index is 12.0. The van der Waals surface area contributed by atoms with Crippen molar-refractivity contribution in [3.63, 3.8) is 0 Å². The van der Waals surface area contributed by atoms with E-state index in [-0.39, 0.29) is 5.91 Å². The summed E-state index contributed by atoms with van der Waals surface area (Å²) in [7, 11) is 0. The van der Waals surface area contributed by atoms with Gasteiger partial charge in [-0.1, -0.05) is 18.2 Å². The van der Waals surface area contributed by atoms with Crippen LogP contribution < -0.4 is 10.6 Å². The Morgan fingerprint density at radius 1 is 1.25 bits per heavy atom. The van der Waals surface area contributed by atoms with Gasteiger partial charge in [-0.2, -0.15) is 5.26 Å². The van der Waals surface area contributed by atoms with Crippen LogP contribution in [0.5, 0.6) is 0 Å². The number of nitrogens with one attached hydrogen (secondary N) is 2. The number of carbonyl (C=O) groups excluding carboxylic acids is 1. The summed E-state index contributed by atoms with van der Waals surface area (Å²) in [6.07, 6.45) is 1.46. The first-order chi connectivity index (χ1) is 9.69. The average Bonchev–Trinajstić information content (AvgIpc) is 2.49. The molecule has 2 N–H and O–H groups in total. The summed E-state index contributed by atoms with van der Waals surface area (Å²) in [5.74, 6) is 0.405. The molecule has 0 fully saturated rings. The number of anilines is 2. The summed E-state index contributed by atoms with van der Waals surface area (Å²) in [6.45, 7) is 1.75. The molecule has 1 heterocycles. The van der Waals surface area contributed by atoms with Gasteiger partial charge in [0.15, 0.2) is 0 Å². The van der Waals surface area contributed by atoms with Gasteiger partial charge in [0.05, 0.1) is 5.56 Å². The third kappa shape index (κ3) is 3.56. The number of amides is 1. The van der Waals surface area contributed by atoms with Crippen LogP contribution in [0.25, 0.3) is 0 Å². The number of carbonyl (C=O) groups is 1. The number of aromatic nitrogens is 1. The van der Waals surface area contributed by atoms with Gasteiger partial charge in [-0.15, -0.1) is 0 Å². The summed E-state index contributed by atoms with van der Waals surface area (Å²) >= 11 is 0. The van der Waals surface area contributed by atoms with Crippen molar-refractivity contribution in [3.8, 4) is 6.07 Å². The average molecular weight is 266 g/mol. The van der Waals surface area contributed by atoms with Crippen molar-refractivity contribution in [2.24, 2.45) is 0 Å². The minimum atomic E-state index is -0.435. The highest BCUT2D eigenvalue weighted by atomic mass is 16.2. The molecular formula is C15H14N4O. The first-order valence-electron chi connectivity index (χ1n) is 6.17.